The molecule has 1 unspecified atom stereocenters. The van der Waals surface area contributed by atoms with Gasteiger partial charge in [-0.15, -0.1) is 0 Å². The lowest BCUT2D eigenvalue weighted by atomic mass is 9.92. The smallest absolute Gasteiger partial charge is 0.126 e. The van der Waals surface area contributed by atoms with Gasteiger partial charge in [-0.2, -0.15) is 0 Å². The third-order valence-corrected chi connectivity index (χ3v) is 3.07. The molecule has 0 aromatic heterocycles. The van der Waals surface area contributed by atoms with E-state index in [9.17, 15) is 8.78 Å². The summed E-state index contributed by atoms with van der Waals surface area (Å²) in [6.07, 6.45) is 0.512. The van der Waals surface area contributed by atoms with Crippen molar-refractivity contribution in [2.75, 3.05) is 13.7 Å². The topological polar surface area (TPSA) is 21.3 Å². The van der Waals surface area contributed by atoms with Crippen molar-refractivity contribution in [1.82, 2.24) is 5.32 Å². The van der Waals surface area contributed by atoms with Gasteiger partial charge in [-0.05, 0) is 51.9 Å². The van der Waals surface area contributed by atoms with Crippen LogP contribution in [0.3, 0.4) is 0 Å². The Morgan fingerprint density at radius 3 is 2.22 bits per heavy atom. The quantitative estimate of drug-likeness (QED) is 0.846. The summed E-state index contributed by atoms with van der Waals surface area (Å²) >= 11 is 0. The van der Waals surface area contributed by atoms with Gasteiger partial charge >= 0.3 is 0 Å². The summed E-state index contributed by atoms with van der Waals surface area (Å²) in [4.78, 5) is 0. The number of benzene rings is 1. The Morgan fingerprint density at radius 1 is 1.22 bits per heavy atom. The fraction of sp³-hybridized carbons (Fsp3) is 0.571. The molecule has 0 saturated carbocycles. The number of ether oxygens (including phenoxy) is 1. The van der Waals surface area contributed by atoms with E-state index in [1.807, 2.05) is 27.8 Å². The molecule has 102 valence electrons. The lowest BCUT2D eigenvalue weighted by molar-refractivity contribution is -0.0363. The Kier molecular flexibility index (Phi) is 5.23. The molecule has 0 heterocycles. The van der Waals surface area contributed by atoms with Gasteiger partial charge in [0.2, 0.25) is 0 Å². The summed E-state index contributed by atoms with van der Waals surface area (Å²) in [5.74, 6) is -1.09. The molecule has 1 aromatic carbocycles. The van der Waals surface area contributed by atoms with Gasteiger partial charge in [-0.3, -0.25) is 0 Å². The van der Waals surface area contributed by atoms with Gasteiger partial charge in [0.05, 0.1) is 5.60 Å². The number of rotatable bonds is 6. The zero-order valence-corrected chi connectivity index (χ0v) is 11.4. The van der Waals surface area contributed by atoms with E-state index in [1.54, 1.807) is 0 Å². The molecule has 0 bridgehead atoms. The molecule has 0 amide bonds. The lowest BCUT2D eigenvalue weighted by Gasteiger charge is -2.34. The molecule has 1 N–H and O–H groups in total. The largest absolute Gasteiger partial charge is 0.374 e. The molecule has 0 aliphatic heterocycles. The maximum absolute atomic E-state index is 13.1. The zero-order valence-electron chi connectivity index (χ0n) is 11.4. The maximum atomic E-state index is 13.1. The van der Waals surface area contributed by atoms with E-state index in [0.29, 0.717) is 18.6 Å². The molecule has 18 heavy (non-hydrogen) atoms. The van der Waals surface area contributed by atoms with Crippen LogP contribution in [-0.2, 0) is 11.2 Å². The van der Waals surface area contributed by atoms with Crippen LogP contribution in [0, 0.1) is 11.6 Å². The van der Waals surface area contributed by atoms with Crippen LogP contribution in [0.1, 0.15) is 26.3 Å². The van der Waals surface area contributed by atoms with Crippen LogP contribution in [-0.4, -0.2) is 25.3 Å². The first kappa shape index (κ1) is 15.1. The molecular formula is C14H21F2NO. The third-order valence-electron chi connectivity index (χ3n) is 3.07. The van der Waals surface area contributed by atoms with Crippen molar-refractivity contribution in [3.05, 3.63) is 35.4 Å². The molecular weight excluding hydrogens is 236 g/mol. The molecule has 0 aliphatic rings. The Labute approximate surface area is 107 Å². The first-order valence-corrected chi connectivity index (χ1v) is 6.15. The lowest BCUT2D eigenvalue weighted by Crippen LogP contribution is -2.48. The number of hydrogen-bond acceptors (Lipinski definition) is 2. The molecule has 0 radical (unpaired) electrons. The van der Waals surface area contributed by atoms with E-state index in [0.717, 1.165) is 6.07 Å². The number of halogens is 2. The number of hydrogen-bond donors (Lipinski definition) is 1. The van der Waals surface area contributed by atoms with E-state index in [4.69, 9.17) is 4.74 Å². The van der Waals surface area contributed by atoms with Gasteiger partial charge in [-0.1, -0.05) is 0 Å². The summed E-state index contributed by atoms with van der Waals surface area (Å²) in [6.45, 7) is 6.46. The second kappa shape index (κ2) is 6.25. The summed E-state index contributed by atoms with van der Waals surface area (Å²) in [5, 5.41) is 3.14. The minimum absolute atomic E-state index is 0.0151. The zero-order chi connectivity index (χ0) is 13.8. The number of likely N-dealkylation sites (N-methyl/N-ethyl adjacent to an activating group) is 1. The Bertz CT molecular complexity index is 373. The highest BCUT2D eigenvalue weighted by Crippen LogP contribution is 2.20. The van der Waals surface area contributed by atoms with Crippen LogP contribution in [0.25, 0.3) is 0 Å². The average Bonchev–Trinajstić information content (AvgIpc) is 2.24. The van der Waals surface area contributed by atoms with Crippen molar-refractivity contribution in [1.29, 1.82) is 0 Å². The summed E-state index contributed by atoms with van der Waals surface area (Å²) in [7, 11) is 1.82. The third kappa shape index (κ3) is 4.03. The fourth-order valence-corrected chi connectivity index (χ4v) is 2.13. The highest BCUT2D eigenvalue weighted by molar-refractivity contribution is 5.19. The molecule has 0 aliphatic carbocycles. The Balaban J connectivity index is 2.85. The Morgan fingerprint density at radius 2 is 1.78 bits per heavy atom. The van der Waals surface area contributed by atoms with Crippen LogP contribution in [0.4, 0.5) is 8.78 Å². The molecule has 4 heteroatoms. The first-order valence-electron chi connectivity index (χ1n) is 6.15. The summed E-state index contributed by atoms with van der Waals surface area (Å²) in [5.41, 5.74) is 0.228. The van der Waals surface area contributed by atoms with Gasteiger partial charge < -0.3 is 10.1 Å². The maximum Gasteiger partial charge on any atom is 0.126 e. The SMILES string of the molecule is CCOC(C)(C)C(Cc1cc(F)cc(F)c1)NC. The van der Waals surface area contributed by atoms with Gasteiger partial charge in [0, 0.05) is 18.7 Å². The average molecular weight is 257 g/mol. The van der Waals surface area contributed by atoms with Gasteiger partial charge in [0.1, 0.15) is 11.6 Å². The van der Waals surface area contributed by atoms with E-state index in [1.165, 1.54) is 12.1 Å². The standard InChI is InChI=1S/C14H21F2NO/c1-5-18-14(2,3)13(17-4)8-10-6-11(15)9-12(16)7-10/h6-7,9,13,17H,5,8H2,1-4H3. The van der Waals surface area contributed by atoms with Crippen molar-refractivity contribution >= 4 is 0 Å². The molecule has 1 atom stereocenters. The molecule has 0 saturated heterocycles. The van der Waals surface area contributed by atoms with Gasteiger partial charge in [0.15, 0.2) is 0 Å². The van der Waals surface area contributed by atoms with Crippen molar-refractivity contribution < 1.29 is 13.5 Å². The predicted octanol–water partition coefficient (Wildman–Crippen LogP) is 2.91. The second-order valence-corrected chi connectivity index (χ2v) is 4.86. The fourth-order valence-electron chi connectivity index (χ4n) is 2.13. The van der Waals surface area contributed by atoms with E-state index in [2.05, 4.69) is 5.32 Å². The van der Waals surface area contributed by atoms with Crippen molar-refractivity contribution in [3.63, 3.8) is 0 Å². The molecule has 0 spiro atoms. The van der Waals surface area contributed by atoms with Crippen LogP contribution in [0.15, 0.2) is 18.2 Å². The number of nitrogens with one attached hydrogen (secondary N) is 1. The van der Waals surface area contributed by atoms with Crippen molar-refractivity contribution in [2.24, 2.45) is 0 Å². The van der Waals surface area contributed by atoms with E-state index < -0.39 is 17.2 Å². The molecule has 2 nitrogen and oxygen atoms in total. The van der Waals surface area contributed by atoms with Crippen LogP contribution in [0.2, 0.25) is 0 Å². The Hall–Kier alpha value is -1.00. The van der Waals surface area contributed by atoms with Gasteiger partial charge in [-0.25, -0.2) is 8.78 Å². The minimum atomic E-state index is -0.547. The first-order chi connectivity index (χ1) is 8.39. The monoisotopic (exact) mass is 257 g/mol. The van der Waals surface area contributed by atoms with Crippen molar-refractivity contribution in [2.45, 2.75) is 38.8 Å². The van der Waals surface area contributed by atoms with Crippen LogP contribution >= 0.6 is 0 Å². The predicted molar refractivity (Wildman–Crippen MR) is 68.6 cm³/mol. The van der Waals surface area contributed by atoms with E-state index in [-0.39, 0.29) is 6.04 Å². The molecule has 1 rings (SSSR count). The van der Waals surface area contributed by atoms with Crippen molar-refractivity contribution in [3.8, 4) is 0 Å². The van der Waals surface area contributed by atoms with Crippen LogP contribution in [0.5, 0.6) is 0 Å². The normalized spacial score (nSPS) is 13.7. The highest BCUT2D eigenvalue weighted by Gasteiger charge is 2.29. The summed E-state index contributed by atoms with van der Waals surface area (Å²) < 4.78 is 31.9. The van der Waals surface area contributed by atoms with Crippen LogP contribution < -0.4 is 5.32 Å². The molecule has 0 fully saturated rings. The van der Waals surface area contributed by atoms with Gasteiger partial charge in [0.25, 0.3) is 0 Å². The second-order valence-electron chi connectivity index (χ2n) is 4.86. The highest BCUT2D eigenvalue weighted by atomic mass is 19.1. The van der Waals surface area contributed by atoms with E-state index >= 15 is 0 Å². The summed E-state index contributed by atoms with van der Waals surface area (Å²) in [6, 6.07) is 3.58. The molecule has 1 aromatic rings. The minimum Gasteiger partial charge on any atom is -0.374 e.